The second-order valence-electron chi connectivity index (χ2n) is 4.06. The molecule has 18 heavy (non-hydrogen) atoms. The van der Waals surface area contributed by atoms with E-state index in [1.165, 1.54) is 0 Å². The standard InChI is InChI=1S/C13H18N4O/c1-3-10(2)17-13(18)6-8-16-11-5-4-7-15-12(11)9-14/h4-5,7,10,16H,3,6,8H2,1-2H3,(H,17,18). The lowest BCUT2D eigenvalue weighted by molar-refractivity contribution is -0.121. The number of aromatic nitrogens is 1. The van der Waals surface area contributed by atoms with Crippen LogP contribution >= 0.6 is 0 Å². The molecular weight excluding hydrogens is 228 g/mol. The maximum Gasteiger partial charge on any atom is 0.221 e. The topological polar surface area (TPSA) is 77.8 Å². The molecule has 1 atom stereocenters. The molecule has 0 radical (unpaired) electrons. The molecule has 0 aliphatic carbocycles. The molecule has 0 spiro atoms. The molecule has 96 valence electrons. The van der Waals surface area contributed by atoms with Crippen LogP contribution < -0.4 is 10.6 Å². The molecular formula is C13H18N4O. The Balaban J connectivity index is 2.38. The molecule has 5 heteroatoms. The minimum absolute atomic E-state index is 0.0132. The van der Waals surface area contributed by atoms with E-state index in [2.05, 4.69) is 15.6 Å². The lowest BCUT2D eigenvalue weighted by Crippen LogP contribution is -2.33. The van der Waals surface area contributed by atoms with E-state index in [4.69, 9.17) is 5.26 Å². The van der Waals surface area contributed by atoms with Crippen LogP contribution in [0.25, 0.3) is 0 Å². The maximum absolute atomic E-state index is 11.5. The number of anilines is 1. The van der Waals surface area contributed by atoms with Crippen LogP contribution in [-0.4, -0.2) is 23.5 Å². The number of hydrogen-bond acceptors (Lipinski definition) is 4. The summed E-state index contributed by atoms with van der Waals surface area (Å²) >= 11 is 0. The van der Waals surface area contributed by atoms with Crippen molar-refractivity contribution in [1.82, 2.24) is 10.3 Å². The van der Waals surface area contributed by atoms with Crippen molar-refractivity contribution in [2.45, 2.75) is 32.7 Å². The normalized spacial score (nSPS) is 11.4. The van der Waals surface area contributed by atoms with Crippen molar-refractivity contribution < 1.29 is 4.79 Å². The molecule has 0 bridgehead atoms. The number of nitrogens with zero attached hydrogens (tertiary/aromatic N) is 2. The van der Waals surface area contributed by atoms with Gasteiger partial charge in [0.15, 0.2) is 5.69 Å². The molecule has 0 aliphatic rings. The Morgan fingerprint density at radius 2 is 2.39 bits per heavy atom. The first kappa shape index (κ1) is 14.0. The van der Waals surface area contributed by atoms with E-state index in [1.807, 2.05) is 19.9 Å². The van der Waals surface area contributed by atoms with E-state index in [0.29, 0.717) is 24.3 Å². The van der Waals surface area contributed by atoms with Gasteiger partial charge in [0.25, 0.3) is 0 Å². The van der Waals surface area contributed by atoms with Crippen LogP contribution in [0.2, 0.25) is 0 Å². The van der Waals surface area contributed by atoms with Crippen LogP contribution in [0, 0.1) is 11.3 Å². The Hall–Kier alpha value is -2.09. The number of carbonyl (C=O) groups excluding carboxylic acids is 1. The lowest BCUT2D eigenvalue weighted by Gasteiger charge is -2.12. The van der Waals surface area contributed by atoms with Crippen molar-refractivity contribution in [3.8, 4) is 6.07 Å². The average Bonchev–Trinajstić information content (AvgIpc) is 2.39. The summed E-state index contributed by atoms with van der Waals surface area (Å²) in [7, 11) is 0. The fourth-order valence-corrected chi connectivity index (χ4v) is 1.40. The van der Waals surface area contributed by atoms with E-state index < -0.39 is 0 Å². The molecule has 0 aliphatic heterocycles. The fraction of sp³-hybridized carbons (Fsp3) is 0.462. The Morgan fingerprint density at radius 1 is 1.61 bits per heavy atom. The van der Waals surface area contributed by atoms with Crippen molar-refractivity contribution in [3.05, 3.63) is 24.0 Å². The van der Waals surface area contributed by atoms with Crippen LogP contribution in [0.4, 0.5) is 5.69 Å². The number of amides is 1. The number of rotatable bonds is 6. The molecule has 1 aromatic heterocycles. The van der Waals surface area contributed by atoms with Gasteiger partial charge in [-0.15, -0.1) is 0 Å². The predicted octanol–water partition coefficient (Wildman–Crippen LogP) is 1.67. The third kappa shape index (κ3) is 4.42. The first-order valence-electron chi connectivity index (χ1n) is 6.05. The number of carbonyl (C=O) groups is 1. The monoisotopic (exact) mass is 246 g/mol. The lowest BCUT2D eigenvalue weighted by atomic mass is 10.2. The third-order valence-corrected chi connectivity index (χ3v) is 2.60. The summed E-state index contributed by atoms with van der Waals surface area (Å²) < 4.78 is 0. The van der Waals surface area contributed by atoms with Crippen molar-refractivity contribution in [3.63, 3.8) is 0 Å². The fourth-order valence-electron chi connectivity index (χ4n) is 1.40. The molecule has 0 aromatic carbocycles. The Bertz CT molecular complexity index is 439. The second-order valence-corrected chi connectivity index (χ2v) is 4.06. The molecule has 1 unspecified atom stereocenters. The van der Waals surface area contributed by atoms with Gasteiger partial charge in [0, 0.05) is 25.2 Å². The zero-order valence-corrected chi connectivity index (χ0v) is 10.7. The second kappa shape index (κ2) is 7.28. The molecule has 1 aromatic rings. The van der Waals surface area contributed by atoms with Crippen molar-refractivity contribution in [2.24, 2.45) is 0 Å². The highest BCUT2D eigenvalue weighted by molar-refractivity contribution is 5.76. The summed E-state index contributed by atoms with van der Waals surface area (Å²) in [6.45, 7) is 4.49. The van der Waals surface area contributed by atoms with E-state index in [1.54, 1.807) is 18.3 Å². The zero-order chi connectivity index (χ0) is 13.4. The molecule has 1 amide bonds. The summed E-state index contributed by atoms with van der Waals surface area (Å²) in [5.41, 5.74) is 1.01. The molecule has 0 saturated carbocycles. The molecule has 0 fully saturated rings. The molecule has 1 rings (SSSR count). The Kier molecular flexibility index (Phi) is 5.65. The molecule has 1 heterocycles. The average molecular weight is 246 g/mol. The van der Waals surface area contributed by atoms with Gasteiger partial charge in [-0.2, -0.15) is 5.26 Å². The highest BCUT2D eigenvalue weighted by Gasteiger charge is 2.06. The van der Waals surface area contributed by atoms with Crippen LogP contribution in [-0.2, 0) is 4.79 Å². The minimum atomic E-state index is 0.0132. The van der Waals surface area contributed by atoms with Gasteiger partial charge in [-0.25, -0.2) is 4.98 Å². The summed E-state index contributed by atoms with van der Waals surface area (Å²) in [6.07, 6.45) is 2.86. The van der Waals surface area contributed by atoms with Gasteiger partial charge in [-0.05, 0) is 25.5 Å². The SMILES string of the molecule is CCC(C)NC(=O)CCNc1cccnc1C#N. The van der Waals surface area contributed by atoms with E-state index in [0.717, 1.165) is 6.42 Å². The smallest absolute Gasteiger partial charge is 0.221 e. The summed E-state index contributed by atoms with van der Waals surface area (Å²) in [5, 5.41) is 14.8. The highest BCUT2D eigenvalue weighted by atomic mass is 16.1. The predicted molar refractivity (Wildman–Crippen MR) is 70.0 cm³/mol. The van der Waals surface area contributed by atoms with Crippen LogP contribution in [0.5, 0.6) is 0 Å². The van der Waals surface area contributed by atoms with Gasteiger partial charge in [-0.3, -0.25) is 4.79 Å². The summed E-state index contributed by atoms with van der Waals surface area (Å²) in [4.78, 5) is 15.5. The van der Waals surface area contributed by atoms with Gasteiger partial charge in [0.05, 0.1) is 5.69 Å². The van der Waals surface area contributed by atoms with Crippen LogP contribution in [0.1, 0.15) is 32.4 Å². The maximum atomic E-state index is 11.5. The number of pyridine rings is 1. The number of nitriles is 1. The summed E-state index contributed by atoms with van der Waals surface area (Å²) in [5.74, 6) is 0.0132. The van der Waals surface area contributed by atoms with E-state index in [-0.39, 0.29) is 11.9 Å². The van der Waals surface area contributed by atoms with E-state index in [9.17, 15) is 4.79 Å². The van der Waals surface area contributed by atoms with Gasteiger partial charge in [0.2, 0.25) is 5.91 Å². The van der Waals surface area contributed by atoms with Crippen molar-refractivity contribution in [2.75, 3.05) is 11.9 Å². The Labute approximate surface area is 107 Å². The molecule has 5 nitrogen and oxygen atoms in total. The van der Waals surface area contributed by atoms with Gasteiger partial charge < -0.3 is 10.6 Å². The highest BCUT2D eigenvalue weighted by Crippen LogP contribution is 2.10. The van der Waals surface area contributed by atoms with Gasteiger partial charge in [-0.1, -0.05) is 6.92 Å². The first-order valence-corrected chi connectivity index (χ1v) is 6.05. The van der Waals surface area contributed by atoms with E-state index >= 15 is 0 Å². The number of hydrogen-bond donors (Lipinski definition) is 2. The van der Waals surface area contributed by atoms with Crippen molar-refractivity contribution in [1.29, 1.82) is 5.26 Å². The largest absolute Gasteiger partial charge is 0.382 e. The molecule has 0 saturated heterocycles. The van der Waals surface area contributed by atoms with Crippen molar-refractivity contribution >= 4 is 11.6 Å². The Morgan fingerprint density at radius 3 is 3.06 bits per heavy atom. The molecule has 2 N–H and O–H groups in total. The summed E-state index contributed by atoms with van der Waals surface area (Å²) in [6, 6.07) is 5.73. The first-order chi connectivity index (χ1) is 8.67. The zero-order valence-electron chi connectivity index (χ0n) is 10.7. The third-order valence-electron chi connectivity index (χ3n) is 2.60. The van der Waals surface area contributed by atoms with Crippen LogP contribution in [0.3, 0.4) is 0 Å². The van der Waals surface area contributed by atoms with Gasteiger partial charge >= 0.3 is 0 Å². The quantitative estimate of drug-likeness (QED) is 0.800. The van der Waals surface area contributed by atoms with Crippen LogP contribution in [0.15, 0.2) is 18.3 Å². The number of nitrogens with one attached hydrogen (secondary N) is 2. The minimum Gasteiger partial charge on any atom is -0.382 e. The van der Waals surface area contributed by atoms with Gasteiger partial charge in [0.1, 0.15) is 6.07 Å².